The largest absolute Gasteiger partial charge is 0.504 e. The molecule has 0 heterocycles. The number of methoxy groups -OCH3 is 1. The van der Waals surface area contributed by atoms with E-state index in [0.29, 0.717) is 5.75 Å². The van der Waals surface area contributed by atoms with Gasteiger partial charge in [0.15, 0.2) is 11.5 Å². The fourth-order valence-corrected chi connectivity index (χ4v) is 0.785. The second-order valence-corrected chi connectivity index (χ2v) is 2.88. The van der Waals surface area contributed by atoms with Crippen LogP contribution in [0.5, 0.6) is 11.5 Å². The maximum atomic E-state index is 9.11. The lowest BCUT2D eigenvalue weighted by Gasteiger charge is -2.02. The van der Waals surface area contributed by atoms with Gasteiger partial charge in [0.05, 0.1) is 7.11 Å². The SMILES string of the molecule is CCC.COc1cc(C)ccc1O. The van der Waals surface area contributed by atoms with Crippen LogP contribution in [0.1, 0.15) is 25.8 Å². The molecule has 0 aliphatic heterocycles. The van der Waals surface area contributed by atoms with Crippen LogP contribution in [0.25, 0.3) is 0 Å². The van der Waals surface area contributed by atoms with Crippen molar-refractivity contribution in [2.24, 2.45) is 0 Å². The molecule has 0 aliphatic carbocycles. The van der Waals surface area contributed by atoms with E-state index in [-0.39, 0.29) is 5.75 Å². The van der Waals surface area contributed by atoms with Crippen LogP contribution in [0.2, 0.25) is 0 Å². The molecule has 0 saturated heterocycles. The third-order valence-electron chi connectivity index (χ3n) is 1.34. The summed E-state index contributed by atoms with van der Waals surface area (Å²) >= 11 is 0. The monoisotopic (exact) mass is 182 g/mol. The molecule has 0 fully saturated rings. The Labute approximate surface area is 80.2 Å². The molecule has 0 radical (unpaired) electrons. The minimum absolute atomic E-state index is 0.188. The van der Waals surface area contributed by atoms with Crippen LogP contribution in [-0.2, 0) is 0 Å². The van der Waals surface area contributed by atoms with Crippen LogP contribution in [0, 0.1) is 6.92 Å². The minimum atomic E-state index is 0.188. The number of aromatic hydroxyl groups is 1. The van der Waals surface area contributed by atoms with Crippen molar-refractivity contribution >= 4 is 0 Å². The number of hydrogen-bond acceptors (Lipinski definition) is 2. The summed E-state index contributed by atoms with van der Waals surface area (Å²) < 4.78 is 4.88. The Morgan fingerprint density at radius 2 is 1.85 bits per heavy atom. The highest BCUT2D eigenvalue weighted by atomic mass is 16.5. The third-order valence-corrected chi connectivity index (χ3v) is 1.34. The van der Waals surface area contributed by atoms with Gasteiger partial charge in [-0.3, -0.25) is 0 Å². The molecule has 0 unspecified atom stereocenters. The van der Waals surface area contributed by atoms with E-state index in [4.69, 9.17) is 9.84 Å². The predicted molar refractivity (Wildman–Crippen MR) is 55.4 cm³/mol. The van der Waals surface area contributed by atoms with Crippen molar-refractivity contribution in [3.8, 4) is 11.5 Å². The molecule has 0 aromatic heterocycles. The summed E-state index contributed by atoms with van der Waals surface area (Å²) in [5.41, 5.74) is 1.08. The Kier molecular flexibility index (Phi) is 5.77. The molecule has 0 atom stereocenters. The first-order valence-corrected chi connectivity index (χ1v) is 4.49. The highest BCUT2D eigenvalue weighted by molar-refractivity contribution is 5.41. The molecule has 13 heavy (non-hydrogen) atoms. The average Bonchev–Trinajstić information content (AvgIpc) is 2.10. The van der Waals surface area contributed by atoms with Crippen molar-refractivity contribution in [2.45, 2.75) is 27.2 Å². The van der Waals surface area contributed by atoms with Gasteiger partial charge < -0.3 is 9.84 Å². The van der Waals surface area contributed by atoms with Crippen LogP contribution in [0.15, 0.2) is 18.2 Å². The zero-order chi connectivity index (χ0) is 10.3. The standard InChI is InChI=1S/C8H10O2.C3H8/c1-6-3-4-7(9)8(5-6)10-2;1-3-2/h3-5,9H,1-2H3;3H2,1-2H3. The number of phenolic OH excluding ortho intramolecular Hbond substituents is 1. The van der Waals surface area contributed by atoms with Gasteiger partial charge in [-0.25, -0.2) is 0 Å². The van der Waals surface area contributed by atoms with Crippen molar-refractivity contribution in [2.75, 3.05) is 7.11 Å². The normalized spacial score (nSPS) is 8.62. The van der Waals surface area contributed by atoms with Crippen LogP contribution in [0.3, 0.4) is 0 Å². The molecular weight excluding hydrogens is 164 g/mol. The van der Waals surface area contributed by atoms with Crippen LogP contribution < -0.4 is 4.74 Å². The molecule has 2 heteroatoms. The van der Waals surface area contributed by atoms with Gasteiger partial charge in [-0.15, -0.1) is 0 Å². The van der Waals surface area contributed by atoms with Gasteiger partial charge in [0.1, 0.15) is 0 Å². The van der Waals surface area contributed by atoms with Gasteiger partial charge in [0.2, 0.25) is 0 Å². The lowest BCUT2D eigenvalue weighted by atomic mass is 10.2. The summed E-state index contributed by atoms with van der Waals surface area (Å²) in [4.78, 5) is 0. The van der Waals surface area contributed by atoms with Crippen molar-refractivity contribution in [1.29, 1.82) is 0 Å². The summed E-state index contributed by atoms with van der Waals surface area (Å²) in [6, 6.07) is 5.24. The highest BCUT2D eigenvalue weighted by Crippen LogP contribution is 2.25. The summed E-state index contributed by atoms with van der Waals surface area (Å²) in [5, 5.41) is 9.11. The summed E-state index contributed by atoms with van der Waals surface area (Å²) in [6.07, 6.45) is 1.25. The molecule has 1 aromatic rings. The number of benzene rings is 1. The number of rotatable bonds is 1. The molecule has 0 saturated carbocycles. The van der Waals surface area contributed by atoms with Crippen LogP contribution in [0.4, 0.5) is 0 Å². The second kappa shape index (κ2) is 6.35. The molecule has 0 bridgehead atoms. The predicted octanol–water partition coefficient (Wildman–Crippen LogP) is 3.13. The first kappa shape index (κ1) is 11.8. The molecule has 1 rings (SSSR count). The topological polar surface area (TPSA) is 29.5 Å². The Morgan fingerprint density at radius 1 is 1.31 bits per heavy atom. The van der Waals surface area contributed by atoms with Crippen molar-refractivity contribution in [3.05, 3.63) is 23.8 Å². The zero-order valence-electron chi connectivity index (χ0n) is 8.79. The van der Waals surface area contributed by atoms with E-state index in [1.165, 1.54) is 13.5 Å². The molecule has 0 amide bonds. The van der Waals surface area contributed by atoms with E-state index in [1.54, 1.807) is 12.1 Å². The Bertz CT molecular complexity index is 244. The van der Waals surface area contributed by atoms with Gasteiger partial charge >= 0.3 is 0 Å². The maximum absolute atomic E-state index is 9.11. The van der Waals surface area contributed by atoms with E-state index in [2.05, 4.69) is 13.8 Å². The molecule has 1 aromatic carbocycles. The van der Waals surface area contributed by atoms with Gasteiger partial charge in [0.25, 0.3) is 0 Å². The first-order valence-electron chi connectivity index (χ1n) is 4.49. The van der Waals surface area contributed by atoms with E-state index in [1.807, 2.05) is 13.0 Å². The lowest BCUT2D eigenvalue weighted by molar-refractivity contribution is 0.373. The number of hydrogen-bond donors (Lipinski definition) is 1. The quantitative estimate of drug-likeness (QED) is 0.723. The minimum Gasteiger partial charge on any atom is -0.504 e. The number of aryl methyl sites for hydroxylation is 1. The lowest BCUT2D eigenvalue weighted by Crippen LogP contribution is -1.83. The fraction of sp³-hybridized carbons (Fsp3) is 0.455. The molecule has 74 valence electrons. The third kappa shape index (κ3) is 4.41. The van der Waals surface area contributed by atoms with Gasteiger partial charge in [-0.1, -0.05) is 26.3 Å². The molecular formula is C11H18O2. The summed E-state index contributed by atoms with van der Waals surface area (Å²) in [5.74, 6) is 0.716. The van der Waals surface area contributed by atoms with E-state index < -0.39 is 0 Å². The zero-order valence-corrected chi connectivity index (χ0v) is 8.79. The molecule has 1 N–H and O–H groups in total. The average molecular weight is 182 g/mol. The maximum Gasteiger partial charge on any atom is 0.160 e. The second-order valence-electron chi connectivity index (χ2n) is 2.88. The van der Waals surface area contributed by atoms with Crippen molar-refractivity contribution in [1.82, 2.24) is 0 Å². The van der Waals surface area contributed by atoms with Crippen molar-refractivity contribution in [3.63, 3.8) is 0 Å². The smallest absolute Gasteiger partial charge is 0.160 e. The molecule has 0 spiro atoms. The Morgan fingerprint density at radius 3 is 2.23 bits per heavy atom. The van der Waals surface area contributed by atoms with Gasteiger partial charge in [-0.05, 0) is 24.6 Å². The Balaban J connectivity index is 0.000000424. The molecule has 2 nitrogen and oxygen atoms in total. The Hall–Kier alpha value is -1.18. The summed E-state index contributed by atoms with van der Waals surface area (Å²) in [6.45, 7) is 6.20. The van der Waals surface area contributed by atoms with Crippen LogP contribution in [-0.4, -0.2) is 12.2 Å². The van der Waals surface area contributed by atoms with E-state index in [9.17, 15) is 0 Å². The first-order chi connectivity index (χ1) is 6.15. The summed E-state index contributed by atoms with van der Waals surface area (Å²) in [7, 11) is 1.54. The number of ether oxygens (including phenoxy) is 1. The van der Waals surface area contributed by atoms with E-state index >= 15 is 0 Å². The van der Waals surface area contributed by atoms with Crippen LogP contribution >= 0.6 is 0 Å². The van der Waals surface area contributed by atoms with Gasteiger partial charge in [0, 0.05) is 0 Å². The van der Waals surface area contributed by atoms with E-state index in [0.717, 1.165) is 5.56 Å². The highest BCUT2D eigenvalue weighted by Gasteiger charge is 1.97. The number of phenols is 1. The van der Waals surface area contributed by atoms with Crippen molar-refractivity contribution < 1.29 is 9.84 Å². The fourth-order valence-electron chi connectivity index (χ4n) is 0.785. The van der Waals surface area contributed by atoms with Gasteiger partial charge in [-0.2, -0.15) is 0 Å². The molecule has 0 aliphatic rings.